The van der Waals surface area contributed by atoms with Crippen LogP contribution in [0.15, 0.2) is 18.3 Å². The molecule has 1 aliphatic heterocycles. The number of aromatic nitrogens is 1. The first-order valence-corrected chi connectivity index (χ1v) is 8.57. The van der Waals surface area contributed by atoms with Crippen LogP contribution in [0.1, 0.15) is 51.0 Å². The first-order valence-electron chi connectivity index (χ1n) is 8.57. The number of hydrogen-bond donors (Lipinski definition) is 1. The van der Waals surface area contributed by atoms with Crippen LogP contribution in [0.5, 0.6) is 0 Å². The lowest BCUT2D eigenvalue weighted by Gasteiger charge is -2.36. The molecule has 2 heterocycles. The Balaban J connectivity index is 1.94. The molecule has 1 aromatic rings. The number of alkyl carbamates (subject to hydrolysis) is 1. The fourth-order valence-corrected chi connectivity index (χ4v) is 3.06. The summed E-state index contributed by atoms with van der Waals surface area (Å²) in [5.41, 5.74) is 0.189. The number of ether oxygens (including phenoxy) is 1. The molecule has 1 saturated heterocycles. The highest BCUT2D eigenvalue weighted by Crippen LogP contribution is 2.22. The summed E-state index contributed by atoms with van der Waals surface area (Å²) in [4.78, 5) is 26.5. The standard InChI is InChI=1S/C18H29N3O3/c1-13(19-17(23)24-18(2,3)4)14-8-6-11-21(12-14)16(22)15-9-7-10-20(15)5/h7,9-10,13-14H,6,8,11-12H2,1-5H3,(H,19,23)/t13-,14+/m1/s1. The summed E-state index contributed by atoms with van der Waals surface area (Å²) in [6, 6.07) is 3.68. The van der Waals surface area contributed by atoms with Crippen molar-refractivity contribution in [2.45, 2.75) is 52.2 Å². The maximum absolute atomic E-state index is 12.7. The Morgan fingerprint density at radius 2 is 2.08 bits per heavy atom. The summed E-state index contributed by atoms with van der Waals surface area (Å²) in [5, 5.41) is 2.91. The van der Waals surface area contributed by atoms with Gasteiger partial charge in [-0.15, -0.1) is 0 Å². The molecule has 0 bridgehead atoms. The SMILES string of the molecule is C[C@@H](NC(=O)OC(C)(C)C)[C@H]1CCCN(C(=O)c2cccn2C)C1. The topological polar surface area (TPSA) is 63.6 Å². The molecule has 0 aromatic carbocycles. The number of amides is 2. The number of nitrogens with one attached hydrogen (secondary N) is 1. The molecule has 0 saturated carbocycles. The maximum Gasteiger partial charge on any atom is 0.407 e. The summed E-state index contributed by atoms with van der Waals surface area (Å²) >= 11 is 0. The molecule has 6 heteroatoms. The molecule has 0 aliphatic carbocycles. The molecule has 0 spiro atoms. The highest BCUT2D eigenvalue weighted by Gasteiger charge is 2.30. The van der Waals surface area contributed by atoms with Crippen molar-refractivity contribution in [2.24, 2.45) is 13.0 Å². The number of rotatable bonds is 3. The van der Waals surface area contributed by atoms with Gasteiger partial charge in [-0.05, 0) is 58.6 Å². The number of carbonyl (C=O) groups is 2. The van der Waals surface area contributed by atoms with Gasteiger partial charge in [-0.1, -0.05) is 0 Å². The molecule has 2 atom stereocenters. The molecule has 1 aromatic heterocycles. The molecule has 0 radical (unpaired) electrons. The molecule has 134 valence electrons. The Hall–Kier alpha value is -1.98. The van der Waals surface area contributed by atoms with Gasteiger partial charge in [-0.3, -0.25) is 4.79 Å². The molecular formula is C18H29N3O3. The van der Waals surface area contributed by atoms with E-state index in [1.807, 2.05) is 62.5 Å². The summed E-state index contributed by atoms with van der Waals surface area (Å²) in [5.74, 6) is 0.284. The molecule has 0 unspecified atom stereocenters. The van der Waals surface area contributed by atoms with Gasteiger partial charge in [0, 0.05) is 32.4 Å². The van der Waals surface area contributed by atoms with Gasteiger partial charge < -0.3 is 19.5 Å². The zero-order valence-corrected chi connectivity index (χ0v) is 15.3. The Morgan fingerprint density at radius 3 is 2.67 bits per heavy atom. The molecule has 1 N–H and O–H groups in total. The summed E-state index contributed by atoms with van der Waals surface area (Å²) in [7, 11) is 1.88. The summed E-state index contributed by atoms with van der Waals surface area (Å²) in [6.45, 7) is 8.93. The van der Waals surface area contributed by atoms with Crippen molar-refractivity contribution >= 4 is 12.0 Å². The number of nitrogens with zero attached hydrogens (tertiary/aromatic N) is 2. The lowest BCUT2D eigenvalue weighted by molar-refractivity contribution is 0.0459. The number of carbonyl (C=O) groups excluding carboxylic acids is 2. The van der Waals surface area contributed by atoms with Crippen LogP contribution in [-0.2, 0) is 11.8 Å². The predicted octanol–water partition coefficient (Wildman–Crippen LogP) is 2.79. The second-order valence-corrected chi connectivity index (χ2v) is 7.59. The van der Waals surface area contributed by atoms with E-state index in [9.17, 15) is 9.59 Å². The second kappa shape index (κ2) is 7.28. The highest BCUT2D eigenvalue weighted by atomic mass is 16.6. The number of piperidine rings is 1. The van der Waals surface area contributed by atoms with Gasteiger partial charge >= 0.3 is 6.09 Å². The normalized spacial score (nSPS) is 19.7. The Bertz CT molecular complexity index is 589. The average molecular weight is 335 g/mol. The van der Waals surface area contributed by atoms with Crippen LogP contribution in [0.2, 0.25) is 0 Å². The number of hydrogen-bond acceptors (Lipinski definition) is 3. The molecule has 24 heavy (non-hydrogen) atoms. The van der Waals surface area contributed by atoms with Crippen molar-refractivity contribution in [3.63, 3.8) is 0 Å². The smallest absolute Gasteiger partial charge is 0.407 e. The van der Waals surface area contributed by atoms with Crippen LogP contribution >= 0.6 is 0 Å². The van der Waals surface area contributed by atoms with E-state index in [4.69, 9.17) is 4.74 Å². The highest BCUT2D eigenvalue weighted by molar-refractivity contribution is 5.92. The van der Waals surface area contributed by atoms with Crippen LogP contribution in [-0.4, -0.2) is 46.2 Å². The van der Waals surface area contributed by atoms with Crippen LogP contribution in [0.4, 0.5) is 4.79 Å². The van der Waals surface area contributed by atoms with E-state index in [-0.39, 0.29) is 17.9 Å². The number of aryl methyl sites for hydroxylation is 1. The molecular weight excluding hydrogens is 306 g/mol. The van der Waals surface area contributed by atoms with E-state index < -0.39 is 11.7 Å². The van der Waals surface area contributed by atoms with Gasteiger partial charge in [0.15, 0.2) is 0 Å². The van der Waals surface area contributed by atoms with Crippen molar-refractivity contribution in [3.8, 4) is 0 Å². The van der Waals surface area contributed by atoms with Crippen molar-refractivity contribution in [3.05, 3.63) is 24.0 Å². The van der Waals surface area contributed by atoms with Gasteiger partial charge in [-0.25, -0.2) is 4.79 Å². The monoisotopic (exact) mass is 335 g/mol. The third kappa shape index (κ3) is 4.76. The van der Waals surface area contributed by atoms with Crippen LogP contribution in [0.3, 0.4) is 0 Å². The minimum atomic E-state index is -0.509. The van der Waals surface area contributed by atoms with Crippen LogP contribution in [0, 0.1) is 5.92 Å². The molecule has 2 rings (SSSR count). The molecule has 6 nitrogen and oxygen atoms in total. The Labute approximate surface area is 144 Å². The zero-order valence-electron chi connectivity index (χ0n) is 15.3. The van der Waals surface area contributed by atoms with Gasteiger partial charge in [0.1, 0.15) is 11.3 Å². The Morgan fingerprint density at radius 1 is 1.38 bits per heavy atom. The van der Waals surface area contributed by atoms with Crippen molar-refractivity contribution in [1.82, 2.24) is 14.8 Å². The summed E-state index contributed by atoms with van der Waals surface area (Å²) in [6.07, 6.45) is 3.41. The van der Waals surface area contributed by atoms with Crippen molar-refractivity contribution in [2.75, 3.05) is 13.1 Å². The van der Waals surface area contributed by atoms with Crippen LogP contribution < -0.4 is 5.32 Å². The van der Waals surface area contributed by atoms with Crippen molar-refractivity contribution < 1.29 is 14.3 Å². The fraction of sp³-hybridized carbons (Fsp3) is 0.667. The third-order valence-corrected chi connectivity index (χ3v) is 4.36. The molecule has 2 amide bonds. The lowest BCUT2D eigenvalue weighted by Crippen LogP contribution is -2.49. The fourth-order valence-electron chi connectivity index (χ4n) is 3.06. The van der Waals surface area contributed by atoms with E-state index >= 15 is 0 Å². The maximum atomic E-state index is 12.7. The first kappa shape index (κ1) is 18.4. The quantitative estimate of drug-likeness (QED) is 0.924. The largest absolute Gasteiger partial charge is 0.444 e. The summed E-state index contributed by atoms with van der Waals surface area (Å²) < 4.78 is 7.16. The van der Waals surface area contributed by atoms with Gasteiger partial charge in [0.25, 0.3) is 5.91 Å². The molecule has 1 aliphatic rings. The minimum Gasteiger partial charge on any atom is -0.444 e. The predicted molar refractivity (Wildman–Crippen MR) is 92.9 cm³/mol. The van der Waals surface area contributed by atoms with Gasteiger partial charge in [0.2, 0.25) is 0 Å². The Kier molecular flexibility index (Phi) is 5.57. The average Bonchev–Trinajstić information content (AvgIpc) is 2.90. The second-order valence-electron chi connectivity index (χ2n) is 7.59. The molecule has 1 fully saturated rings. The number of likely N-dealkylation sites (tertiary alicyclic amines) is 1. The van der Waals surface area contributed by atoms with E-state index in [1.165, 1.54) is 0 Å². The van der Waals surface area contributed by atoms with E-state index in [2.05, 4.69) is 5.32 Å². The first-order chi connectivity index (χ1) is 11.2. The van der Waals surface area contributed by atoms with Gasteiger partial charge in [0.05, 0.1) is 0 Å². The van der Waals surface area contributed by atoms with Gasteiger partial charge in [-0.2, -0.15) is 0 Å². The minimum absolute atomic E-state index is 0.0381. The zero-order chi connectivity index (χ0) is 17.9. The van der Waals surface area contributed by atoms with Crippen LogP contribution in [0.25, 0.3) is 0 Å². The lowest BCUT2D eigenvalue weighted by atomic mass is 9.91. The van der Waals surface area contributed by atoms with Crippen molar-refractivity contribution in [1.29, 1.82) is 0 Å². The van der Waals surface area contributed by atoms with E-state index in [0.29, 0.717) is 12.2 Å². The van der Waals surface area contributed by atoms with E-state index in [0.717, 1.165) is 19.4 Å². The third-order valence-electron chi connectivity index (χ3n) is 4.36. The van der Waals surface area contributed by atoms with E-state index in [1.54, 1.807) is 0 Å².